The number of hydrogen-bond acceptors (Lipinski definition) is 1. The van der Waals surface area contributed by atoms with Crippen LogP contribution in [-0.2, 0) is 0 Å². The van der Waals surface area contributed by atoms with Crippen LogP contribution < -0.4 is 0 Å². The molecule has 0 aliphatic heterocycles. The topological polar surface area (TPSA) is 23.8 Å². The largest absolute Gasteiger partial charge is 0.198 e. The van der Waals surface area contributed by atoms with Gasteiger partial charge in [0, 0.05) is 5.92 Å². The van der Waals surface area contributed by atoms with E-state index in [-0.39, 0.29) is 11.3 Å². The van der Waals surface area contributed by atoms with E-state index in [9.17, 15) is 5.26 Å². The van der Waals surface area contributed by atoms with Gasteiger partial charge in [0.15, 0.2) is 0 Å². The molecule has 2 atom stereocenters. The summed E-state index contributed by atoms with van der Waals surface area (Å²) in [7, 11) is 0. The fourth-order valence-electron chi connectivity index (χ4n) is 3.83. The van der Waals surface area contributed by atoms with E-state index >= 15 is 0 Å². The van der Waals surface area contributed by atoms with Crippen molar-refractivity contribution in [2.75, 3.05) is 0 Å². The van der Waals surface area contributed by atoms with E-state index < -0.39 is 0 Å². The van der Waals surface area contributed by atoms with Gasteiger partial charge in [-0.1, -0.05) is 76.6 Å². The molecule has 25 heavy (non-hydrogen) atoms. The molecule has 0 aliphatic rings. The molecular weight excluding hydrogens is 302 g/mol. The Kier molecular flexibility index (Phi) is 6.28. The first-order chi connectivity index (χ1) is 11.7. The van der Waals surface area contributed by atoms with Crippen LogP contribution in [0.2, 0.25) is 0 Å². The van der Waals surface area contributed by atoms with Crippen LogP contribution in [0.25, 0.3) is 10.8 Å². The van der Waals surface area contributed by atoms with Gasteiger partial charge in [-0.2, -0.15) is 5.26 Å². The van der Waals surface area contributed by atoms with Crippen LogP contribution in [0.1, 0.15) is 70.9 Å². The first-order valence-corrected chi connectivity index (χ1v) is 9.58. The maximum Gasteiger partial charge on any atom is 0.0656 e. The van der Waals surface area contributed by atoms with Crippen LogP contribution in [0.5, 0.6) is 0 Å². The highest BCUT2D eigenvalue weighted by Crippen LogP contribution is 2.37. The molecule has 0 saturated heterocycles. The van der Waals surface area contributed by atoms with E-state index in [4.69, 9.17) is 0 Å². The highest BCUT2D eigenvalue weighted by atomic mass is 14.3. The normalized spacial score (nSPS) is 14.5. The zero-order valence-electron chi connectivity index (χ0n) is 16.8. The van der Waals surface area contributed by atoms with E-state index in [0.29, 0.717) is 11.8 Å². The van der Waals surface area contributed by atoms with E-state index in [1.54, 1.807) is 0 Å². The van der Waals surface area contributed by atoms with Gasteiger partial charge in [-0.05, 0) is 59.8 Å². The summed E-state index contributed by atoms with van der Waals surface area (Å²) in [5.74, 6) is 1.15. The Hall–Kier alpha value is -1.81. The molecule has 1 nitrogen and oxygen atoms in total. The predicted molar refractivity (Wildman–Crippen MR) is 109 cm³/mol. The first kappa shape index (κ1) is 19.5. The lowest BCUT2D eigenvalue weighted by atomic mass is 9.76. The second-order valence-corrected chi connectivity index (χ2v) is 9.26. The standard InChI is InChI=1S/C24H33N/c1-17(2)11-19(16-25)13-23(15-24(4,5)6)22-10-9-20-12-18(3)7-8-21(20)14-22/h7-10,12,14,17,19,23H,11,13,15H2,1-6H3. The fraction of sp³-hybridized carbons (Fsp3) is 0.542. The monoisotopic (exact) mass is 335 g/mol. The summed E-state index contributed by atoms with van der Waals surface area (Å²) in [4.78, 5) is 0. The van der Waals surface area contributed by atoms with Gasteiger partial charge in [0.25, 0.3) is 0 Å². The molecule has 1 heteroatoms. The Bertz CT molecular complexity index is 743. The minimum absolute atomic E-state index is 0.140. The van der Waals surface area contributed by atoms with Gasteiger partial charge in [-0.3, -0.25) is 0 Å². The molecule has 0 radical (unpaired) electrons. The number of nitrogens with zero attached hydrogens (tertiary/aromatic N) is 1. The van der Waals surface area contributed by atoms with Crippen molar-refractivity contribution in [2.24, 2.45) is 17.3 Å². The Morgan fingerprint density at radius 3 is 2.20 bits per heavy atom. The van der Waals surface area contributed by atoms with Crippen LogP contribution in [-0.4, -0.2) is 0 Å². The average Bonchev–Trinajstić information content (AvgIpc) is 2.51. The SMILES string of the molecule is Cc1ccc2cc(C(CC(C#N)CC(C)C)CC(C)(C)C)ccc2c1. The molecule has 0 spiro atoms. The van der Waals surface area contributed by atoms with Crippen LogP contribution in [0, 0.1) is 35.5 Å². The van der Waals surface area contributed by atoms with Crippen molar-refractivity contribution in [3.63, 3.8) is 0 Å². The lowest BCUT2D eigenvalue weighted by molar-refractivity contribution is 0.308. The van der Waals surface area contributed by atoms with Crippen LogP contribution in [0.3, 0.4) is 0 Å². The third-order valence-corrected chi connectivity index (χ3v) is 4.86. The average molecular weight is 336 g/mol. The van der Waals surface area contributed by atoms with Crippen molar-refractivity contribution in [1.82, 2.24) is 0 Å². The summed E-state index contributed by atoms with van der Waals surface area (Å²) in [6.45, 7) is 13.5. The van der Waals surface area contributed by atoms with E-state index in [1.807, 2.05) is 0 Å². The van der Waals surface area contributed by atoms with Crippen molar-refractivity contribution in [3.8, 4) is 6.07 Å². The van der Waals surface area contributed by atoms with Crippen LogP contribution >= 0.6 is 0 Å². The first-order valence-electron chi connectivity index (χ1n) is 9.58. The number of hydrogen-bond donors (Lipinski definition) is 0. The minimum Gasteiger partial charge on any atom is -0.198 e. The van der Waals surface area contributed by atoms with Crippen molar-refractivity contribution in [1.29, 1.82) is 5.26 Å². The zero-order valence-corrected chi connectivity index (χ0v) is 16.8. The third kappa shape index (κ3) is 5.89. The van der Waals surface area contributed by atoms with Gasteiger partial charge >= 0.3 is 0 Å². The predicted octanol–water partition coefficient (Wildman–Crippen LogP) is 7.24. The minimum atomic E-state index is 0.140. The fourth-order valence-corrected chi connectivity index (χ4v) is 3.83. The summed E-state index contributed by atoms with van der Waals surface area (Å²) in [6, 6.07) is 16.1. The number of benzene rings is 2. The Morgan fingerprint density at radius 2 is 1.60 bits per heavy atom. The molecule has 0 fully saturated rings. The van der Waals surface area contributed by atoms with Gasteiger partial charge in [0.2, 0.25) is 0 Å². The highest BCUT2D eigenvalue weighted by molar-refractivity contribution is 5.83. The Labute approximate surface area is 154 Å². The maximum absolute atomic E-state index is 9.62. The molecule has 0 saturated carbocycles. The molecular formula is C24H33N. The van der Waals surface area contributed by atoms with Gasteiger partial charge in [0.1, 0.15) is 0 Å². The molecule has 0 amide bonds. The number of rotatable bonds is 6. The number of aryl methyl sites for hydroxylation is 1. The van der Waals surface area contributed by atoms with E-state index in [2.05, 4.69) is 84.0 Å². The summed E-state index contributed by atoms with van der Waals surface area (Å²) < 4.78 is 0. The molecule has 0 aliphatic carbocycles. The quantitative estimate of drug-likeness (QED) is 0.545. The molecule has 2 rings (SSSR count). The van der Waals surface area contributed by atoms with E-state index in [0.717, 1.165) is 19.3 Å². The molecule has 2 unspecified atom stereocenters. The van der Waals surface area contributed by atoms with Gasteiger partial charge in [-0.15, -0.1) is 0 Å². The Morgan fingerprint density at radius 1 is 0.960 bits per heavy atom. The van der Waals surface area contributed by atoms with Crippen molar-refractivity contribution < 1.29 is 0 Å². The van der Waals surface area contributed by atoms with Gasteiger partial charge in [-0.25, -0.2) is 0 Å². The molecule has 134 valence electrons. The van der Waals surface area contributed by atoms with Crippen molar-refractivity contribution in [3.05, 3.63) is 47.5 Å². The third-order valence-electron chi connectivity index (χ3n) is 4.86. The smallest absolute Gasteiger partial charge is 0.0656 e. The van der Waals surface area contributed by atoms with Crippen LogP contribution in [0.4, 0.5) is 0 Å². The summed E-state index contributed by atoms with van der Waals surface area (Å²) >= 11 is 0. The second kappa shape index (κ2) is 8.05. The summed E-state index contributed by atoms with van der Waals surface area (Å²) in [5, 5.41) is 12.2. The summed E-state index contributed by atoms with van der Waals surface area (Å²) in [6.07, 6.45) is 3.06. The second-order valence-electron chi connectivity index (χ2n) is 9.26. The maximum atomic E-state index is 9.62. The van der Waals surface area contributed by atoms with Crippen LogP contribution in [0.15, 0.2) is 36.4 Å². The zero-order chi connectivity index (χ0) is 18.6. The van der Waals surface area contributed by atoms with Crippen molar-refractivity contribution in [2.45, 2.75) is 66.7 Å². The highest BCUT2D eigenvalue weighted by Gasteiger charge is 2.24. The molecule has 0 bridgehead atoms. The van der Waals surface area contributed by atoms with E-state index in [1.165, 1.54) is 21.9 Å². The molecule has 2 aromatic carbocycles. The van der Waals surface area contributed by atoms with Crippen molar-refractivity contribution >= 4 is 10.8 Å². The molecule has 2 aromatic rings. The summed E-state index contributed by atoms with van der Waals surface area (Å²) in [5.41, 5.74) is 2.94. The van der Waals surface area contributed by atoms with Gasteiger partial charge < -0.3 is 0 Å². The molecule has 0 aromatic heterocycles. The lowest BCUT2D eigenvalue weighted by Gasteiger charge is -2.28. The molecule has 0 N–H and O–H groups in total. The number of fused-ring (bicyclic) bond motifs is 1. The Balaban J connectivity index is 2.34. The number of nitriles is 1. The molecule has 0 heterocycles. The lowest BCUT2D eigenvalue weighted by Crippen LogP contribution is -2.16. The van der Waals surface area contributed by atoms with Gasteiger partial charge in [0.05, 0.1) is 6.07 Å².